The molecule has 0 aromatic carbocycles. The molecule has 2 N–H and O–H groups in total. The molecule has 0 amide bonds. The van der Waals surface area contributed by atoms with Crippen molar-refractivity contribution < 1.29 is 10.2 Å². The van der Waals surface area contributed by atoms with Crippen LogP contribution < -0.4 is 0 Å². The Morgan fingerprint density at radius 3 is 2.54 bits per heavy atom. The van der Waals surface area contributed by atoms with Gasteiger partial charge in [-0.15, -0.1) is 0 Å². The van der Waals surface area contributed by atoms with E-state index in [-0.39, 0.29) is 12.0 Å². The molecule has 2 rings (SSSR count). The summed E-state index contributed by atoms with van der Waals surface area (Å²) in [6.07, 6.45) is 3.36. The molecule has 2 fully saturated rings. The van der Waals surface area contributed by atoms with Gasteiger partial charge in [0.1, 0.15) is 0 Å². The van der Waals surface area contributed by atoms with Gasteiger partial charge < -0.3 is 10.2 Å². The highest BCUT2D eigenvalue weighted by molar-refractivity contribution is 5.03. The van der Waals surface area contributed by atoms with Crippen LogP contribution in [0.4, 0.5) is 0 Å². The lowest BCUT2D eigenvalue weighted by molar-refractivity contribution is -0.0311. The smallest absolute Gasteiger partial charge is 0.0806 e. The molecule has 2 aliphatic carbocycles. The summed E-state index contributed by atoms with van der Waals surface area (Å²) in [7, 11) is 0. The highest BCUT2D eigenvalue weighted by Gasteiger charge is 2.54. The predicted molar refractivity (Wildman–Crippen MR) is 51.2 cm³/mol. The van der Waals surface area contributed by atoms with Gasteiger partial charge >= 0.3 is 0 Å². The van der Waals surface area contributed by atoms with E-state index in [0.29, 0.717) is 11.8 Å². The summed E-state index contributed by atoms with van der Waals surface area (Å²) in [4.78, 5) is 0. The topological polar surface area (TPSA) is 40.5 Å². The second kappa shape index (κ2) is 2.96. The Labute approximate surface area is 80.0 Å². The van der Waals surface area contributed by atoms with Crippen molar-refractivity contribution in [3.8, 4) is 0 Å². The van der Waals surface area contributed by atoms with E-state index < -0.39 is 6.10 Å². The fourth-order valence-electron chi connectivity index (χ4n) is 3.82. The van der Waals surface area contributed by atoms with Crippen LogP contribution >= 0.6 is 0 Å². The van der Waals surface area contributed by atoms with Crippen LogP contribution in [-0.2, 0) is 0 Å². The molecule has 0 saturated heterocycles. The molecule has 2 saturated carbocycles. The van der Waals surface area contributed by atoms with Gasteiger partial charge in [-0.1, -0.05) is 13.8 Å². The van der Waals surface area contributed by atoms with Crippen LogP contribution in [-0.4, -0.2) is 22.9 Å². The zero-order valence-corrected chi connectivity index (χ0v) is 8.53. The maximum absolute atomic E-state index is 9.77. The Morgan fingerprint density at radius 1 is 1.38 bits per heavy atom. The normalized spacial score (nSPS) is 43.8. The summed E-state index contributed by atoms with van der Waals surface area (Å²) < 4.78 is 0. The molecule has 2 heteroatoms. The van der Waals surface area contributed by atoms with Crippen LogP contribution in [0.2, 0.25) is 0 Å². The van der Waals surface area contributed by atoms with Crippen molar-refractivity contribution in [2.45, 2.75) is 39.2 Å². The molecule has 0 aromatic rings. The van der Waals surface area contributed by atoms with Crippen molar-refractivity contribution in [3.63, 3.8) is 0 Å². The van der Waals surface area contributed by atoms with Crippen molar-refractivity contribution >= 4 is 0 Å². The largest absolute Gasteiger partial charge is 0.394 e. The molecule has 0 spiro atoms. The molecule has 0 heterocycles. The van der Waals surface area contributed by atoms with E-state index in [4.69, 9.17) is 5.11 Å². The number of hydrogen-bond donors (Lipinski definition) is 2. The second-order valence-corrected chi connectivity index (χ2v) is 5.37. The third-order valence-electron chi connectivity index (χ3n) is 4.49. The van der Waals surface area contributed by atoms with Crippen molar-refractivity contribution in [1.29, 1.82) is 0 Å². The van der Waals surface area contributed by atoms with Gasteiger partial charge in [0, 0.05) is 0 Å². The summed E-state index contributed by atoms with van der Waals surface area (Å²) >= 11 is 0. The molecular weight excluding hydrogens is 164 g/mol. The molecule has 76 valence electrons. The maximum Gasteiger partial charge on any atom is 0.0806 e. The molecule has 0 radical (unpaired) electrons. The number of rotatable bonds is 2. The zero-order chi connectivity index (χ0) is 9.64. The minimum atomic E-state index is -0.495. The minimum absolute atomic E-state index is 0.0721. The third kappa shape index (κ3) is 1.23. The number of aliphatic hydroxyl groups excluding tert-OH is 2. The summed E-state index contributed by atoms with van der Waals surface area (Å²) in [5.74, 6) is 1.78. The summed E-state index contributed by atoms with van der Waals surface area (Å²) in [6.45, 7) is 4.43. The predicted octanol–water partition coefficient (Wildman–Crippen LogP) is 1.41. The molecule has 0 aromatic heterocycles. The third-order valence-corrected chi connectivity index (χ3v) is 4.49. The maximum atomic E-state index is 9.77. The first-order valence-corrected chi connectivity index (χ1v) is 5.36. The van der Waals surface area contributed by atoms with Gasteiger partial charge in [-0.25, -0.2) is 0 Å². The van der Waals surface area contributed by atoms with Crippen LogP contribution in [0.1, 0.15) is 33.1 Å². The van der Waals surface area contributed by atoms with E-state index in [9.17, 15) is 5.11 Å². The lowest BCUT2D eigenvalue weighted by atomic mass is 9.66. The van der Waals surface area contributed by atoms with Crippen LogP contribution in [0.3, 0.4) is 0 Å². The van der Waals surface area contributed by atoms with E-state index in [0.717, 1.165) is 5.92 Å². The molecule has 2 aliphatic rings. The average Bonchev–Trinajstić information content (AvgIpc) is 2.60. The molecular formula is C11H20O2. The van der Waals surface area contributed by atoms with Crippen molar-refractivity contribution in [2.75, 3.05) is 6.61 Å². The van der Waals surface area contributed by atoms with Crippen LogP contribution in [0, 0.1) is 23.2 Å². The Bertz CT molecular complexity index is 200. The number of aliphatic hydroxyl groups is 2. The standard InChI is InChI=1S/C11H20O2/c1-11(2)8-4-3-7(5-8)10(11)9(13)6-12/h7-10,12-13H,3-6H2,1-2H3. The fourth-order valence-corrected chi connectivity index (χ4v) is 3.82. The number of fused-ring (bicyclic) bond motifs is 2. The summed E-state index contributed by atoms with van der Waals surface area (Å²) in [5.41, 5.74) is 0.241. The van der Waals surface area contributed by atoms with Gasteiger partial charge in [-0.05, 0) is 42.4 Å². The quantitative estimate of drug-likeness (QED) is 0.681. The van der Waals surface area contributed by atoms with Gasteiger partial charge in [-0.2, -0.15) is 0 Å². The SMILES string of the molecule is CC1(C)C2CCC(C2)C1C(O)CO. The van der Waals surface area contributed by atoms with E-state index in [2.05, 4.69) is 13.8 Å². The number of hydrogen-bond acceptors (Lipinski definition) is 2. The van der Waals surface area contributed by atoms with Crippen molar-refractivity contribution in [3.05, 3.63) is 0 Å². The fraction of sp³-hybridized carbons (Fsp3) is 1.00. The van der Waals surface area contributed by atoms with Gasteiger partial charge in [0.15, 0.2) is 0 Å². The second-order valence-electron chi connectivity index (χ2n) is 5.37. The lowest BCUT2D eigenvalue weighted by Crippen LogP contribution is -2.40. The first kappa shape index (κ1) is 9.47. The monoisotopic (exact) mass is 184 g/mol. The van der Waals surface area contributed by atoms with E-state index in [1.165, 1.54) is 19.3 Å². The first-order chi connectivity index (χ1) is 6.07. The van der Waals surface area contributed by atoms with Gasteiger partial charge in [0.25, 0.3) is 0 Å². The van der Waals surface area contributed by atoms with Gasteiger partial charge in [-0.3, -0.25) is 0 Å². The average molecular weight is 184 g/mol. The first-order valence-electron chi connectivity index (χ1n) is 5.36. The minimum Gasteiger partial charge on any atom is -0.394 e. The van der Waals surface area contributed by atoms with Crippen LogP contribution in [0.15, 0.2) is 0 Å². The van der Waals surface area contributed by atoms with E-state index in [1.54, 1.807) is 0 Å². The molecule has 4 unspecified atom stereocenters. The molecule has 0 aliphatic heterocycles. The molecule has 4 atom stereocenters. The summed E-state index contributed by atoms with van der Waals surface area (Å²) in [5, 5.41) is 18.8. The summed E-state index contributed by atoms with van der Waals surface area (Å²) in [6, 6.07) is 0. The Kier molecular flexibility index (Phi) is 2.16. The van der Waals surface area contributed by atoms with Crippen molar-refractivity contribution in [1.82, 2.24) is 0 Å². The van der Waals surface area contributed by atoms with Crippen LogP contribution in [0.25, 0.3) is 0 Å². The highest BCUT2D eigenvalue weighted by atomic mass is 16.3. The Hall–Kier alpha value is -0.0800. The Balaban J connectivity index is 2.18. The lowest BCUT2D eigenvalue weighted by Gasteiger charge is -2.40. The molecule has 2 bridgehead atoms. The van der Waals surface area contributed by atoms with E-state index >= 15 is 0 Å². The van der Waals surface area contributed by atoms with E-state index in [1.807, 2.05) is 0 Å². The molecule has 13 heavy (non-hydrogen) atoms. The van der Waals surface area contributed by atoms with Crippen molar-refractivity contribution in [2.24, 2.45) is 23.2 Å². The molecule has 2 nitrogen and oxygen atoms in total. The highest BCUT2D eigenvalue weighted by Crippen LogP contribution is 2.60. The van der Waals surface area contributed by atoms with Crippen LogP contribution in [0.5, 0.6) is 0 Å². The van der Waals surface area contributed by atoms with Gasteiger partial charge in [0.2, 0.25) is 0 Å². The zero-order valence-electron chi connectivity index (χ0n) is 8.53. The Morgan fingerprint density at radius 2 is 2.08 bits per heavy atom. The van der Waals surface area contributed by atoms with Gasteiger partial charge in [0.05, 0.1) is 12.7 Å².